The van der Waals surface area contributed by atoms with Crippen molar-refractivity contribution in [3.8, 4) is 17.4 Å². The van der Waals surface area contributed by atoms with Crippen LogP contribution >= 0.6 is 0 Å². The molecule has 1 heterocycles. The molecule has 152 valence electrons. The topological polar surface area (TPSA) is 90.4 Å². The zero-order valence-corrected chi connectivity index (χ0v) is 16.5. The lowest BCUT2D eigenvalue weighted by Crippen LogP contribution is -2.14. The number of para-hydroxylation sites is 1. The maximum Gasteiger partial charge on any atom is 0.315 e. The fraction of sp³-hybridized carbons (Fsp3) is 0.217. The minimum Gasteiger partial charge on any atom is -0.439 e. The first kappa shape index (κ1) is 19.6. The number of esters is 1. The Morgan fingerprint density at radius 2 is 1.83 bits per heavy atom. The van der Waals surface area contributed by atoms with Gasteiger partial charge < -0.3 is 14.8 Å². The highest BCUT2D eigenvalue weighted by molar-refractivity contribution is 5.93. The number of carbonyl (C=O) groups is 2. The van der Waals surface area contributed by atoms with Crippen molar-refractivity contribution in [2.75, 3.05) is 5.32 Å². The summed E-state index contributed by atoms with van der Waals surface area (Å²) in [4.78, 5) is 32.2. The molecule has 1 N–H and O–H groups in total. The number of anilines is 1. The number of nitrogens with zero attached hydrogens (tertiary/aromatic N) is 2. The molecule has 7 heteroatoms. The van der Waals surface area contributed by atoms with Crippen LogP contribution < -0.4 is 14.8 Å². The van der Waals surface area contributed by atoms with Crippen molar-refractivity contribution >= 4 is 17.7 Å². The second-order valence-corrected chi connectivity index (χ2v) is 7.16. The van der Waals surface area contributed by atoms with Crippen LogP contribution in [0.25, 0.3) is 0 Å². The van der Waals surface area contributed by atoms with Gasteiger partial charge in [-0.3, -0.25) is 9.59 Å². The van der Waals surface area contributed by atoms with Gasteiger partial charge in [0.1, 0.15) is 23.6 Å². The number of carbonyl (C=O) groups excluding carboxylic acids is 2. The van der Waals surface area contributed by atoms with E-state index in [4.69, 9.17) is 9.47 Å². The summed E-state index contributed by atoms with van der Waals surface area (Å²) < 4.78 is 11.1. The van der Waals surface area contributed by atoms with Crippen LogP contribution in [0.15, 0.2) is 60.9 Å². The molecule has 2 aromatic carbocycles. The van der Waals surface area contributed by atoms with Gasteiger partial charge in [0.15, 0.2) is 0 Å². The number of benzene rings is 2. The van der Waals surface area contributed by atoms with Gasteiger partial charge in [-0.05, 0) is 55.2 Å². The molecular formula is C23H21N3O4. The van der Waals surface area contributed by atoms with Gasteiger partial charge >= 0.3 is 5.97 Å². The Hall–Kier alpha value is -3.74. The van der Waals surface area contributed by atoms with Gasteiger partial charge in [0.25, 0.3) is 0 Å². The van der Waals surface area contributed by atoms with E-state index in [1.807, 2.05) is 37.3 Å². The summed E-state index contributed by atoms with van der Waals surface area (Å²) in [6.45, 7) is 1.90. The number of ether oxygens (including phenoxy) is 2. The van der Waals surface area contributed by atoms with Crippen LogP contribution in [0.2, 0.25) is 0 Å². The molecule has 1 aliphatic rings. The molecule has 4 rings (SSSR count). The first-order valence-electron chi connectivity index (χ1n) is 9.73. The fourth-order valence-corrected chi connectivity index (χ4v) is 2.90. The molecule has 30 heavy (non-hydrogen) atoms. The molecule has 7 nitrogen and oxygen atoms in total. The first-order valence-corrected chi connectivity index (χ1v) is 9.73. The van der Waals surface area contributed by atoms with Crippen molar-refractivity contribution < 1.29 is 19.1 Å². The highest BCUT2D eigenvalue weighted by Gasteiger charge is 2.29. The smallest absolute Gasteiger partial charge is 0.315 e. The summed E-state index contributed by atoms with van der Waals surface area (Å²) in [5, 5.41) is 2.77. The first-order chi connectivity index (χ1) is 14.6. The standard InChI is InChI=1S/C23H21N3O4/c1-15-11-19(10-9-17(15)12-22(27)30-18-5-3-2-4-6-18)29-21-13-20(24-14-25-21)26-23(28)16-7-8-16/h2-6,9-11,13-14,16H,7-8,12H2,1H3,(H,24,25,26,28). The van der Waals surface area contributed by atoms with E-state index in [0.717, 1.165) is 24.0 Å². The maximum absolute atomic E-state index is 12.2. The van der Waals surface area contributed by atoms with Gasteiger partial charge in [-0.25, -0.2) is 9.97 Å². The Balaban J connectivity index is 1.38. The van der Waals surface area contributed by atoms with E-state index in [9.17, 15) is 9.59 Å². The Labute approximate surface area is 174 Å². The lowest BCUT2D eigenvalue weighted by molar-refractivity contribution is -0.133. The van der Waals surface area contributed by atoms with Gasteiger partial charge in [-0.2, -0.15) is 0 Å². The van der Waals surface area contributed by atoms with Crippen LogP contribution in [0.4, 0.5) is 5.82 Å². The molecule has 1 saturated carbocycles. The maximum atomic E-state index is 12.2. The van der Waals surface area contributed by atoms with Crippen LogP contribution in [0.5, 0.6) is 17.4 Å². The lowest BCUT2D eigenvalue weighted by Gasteiger charge is -2.10. The number of aromatic nitrogens is 2. The summed E-state index contributed by atoms with van der Waals surface area (Å²) >= 11 is 0. The number of amides is 1. The van der Waals surface area contributed by atoms with Crippen molar-refractivity contribution in [3.05, 3.63) is 72.1 Å². The predicted molar refractivity (Wildman–Crippen MR) is 110 cm³/mol. The zero-order chi connectivity index (χ0) is 20.9. The van der Waals surface area contributed by atoms with Crippen molar-refractivity contribution in [2.24, 2.45) is 5.92 Å². The Morgan fingerprint density at radius 1 is 1.03 bits per heavy atom. The van der Waals surface area contributed by atoms with Gasteiger partial charge in [0, 0.05) is 12.0 Å². The average Bonchev–Trinajstić information content (AvgIpc) is 3.57. The van der Waals surface area contributed by atoms with E-state index in [0.29, 0.717) is 23.2 Å². The molecule has 1 aliphatic carbocycles. The molecular weight excluding hydrogens is 382 g/mol. The second kappa shape index (κ2) is 8.73. The molecule has 0 spiro atoms. The van der Waals surface area contributed by atoms with Crippen LogP contribution in [0, 0.1) is 12.8 Å². The number of hydrogen-bond acceptors (Lipinski definition) is 6. The number of hydrogen-bond donors (Lipinski definition) is 1. The van der Waals surface area contributed by atoms with Crippen molar-refractivity contribution in [2.45, 2.75) is 26.2 Å². The molecule has 1 fully saturated rings. The number of aryl methyl sites for hydroxylation is 1. The summed E-state index contributed by atoms with van der Waals surface area (Å²) in [7, 11) is 0. The Bertz CT molecular complexity index is 1070. The van der Waals surface area contributed by atoms with Gasteiger partial charge in [0.2, 0.25) is 11.8 Å². The summed E-state index contributed by atoms with van der Waals surface area (Å²) in [5.41, 5.74) is 1.75. The monoisotopic (exact) mass is 403 g/mol. The molecule has 1 amide bonds. The van der Waals surface area contributed by atoms with E-state index in [2.05, 4.69) is 15.3 Å². The molecule has 0 unspecified atom stereocenters. The van der Waals surface area contributed by atoms with E-state index in [1.165, 1.54) is 6.33 Å². The molecule has 0 bridgehead atoms. The molecule has 0 radical (unpaired) electrons. The van der Waals surface area contributed by atoms with E-state index in [-0.39, 0.29) is 24.2 Å². The van der Waals surface area contributed by atoms with Crippen LogP contribution in [-0.2, 0) is 16.0 Å². The summed E-state index contributed by atoms with van der Waals surface area (Å²) in [6, 6.07) is 16.0. The summed E-state index contributed by atoms with van der Waals surface area (Å²) in [6.07, 6.45) is 3.35. The molecule has 0 saturated heterocycles. The van der Waals surface area contributed by atoms with Crippen LogP contribution in [0.3, 0.4) is 0 Å². The lowest BCUT2D eigenvalue weighted by atomic mass is 10.1. The van der Waals surface area contributed by atoms with E-state index < -0.39 is 0 Å². The molecule has 0 atom stereocenters. The van der Waals surface area contributed by atoms with E-state index >= 15 is 0 Å². The minimum atomic E-state index is -0.329. The van der Waals surface area contributed by atoms with Crippen LogP contribution in [-0.4, -0.2) is 21.8 Å². The van der Waals surface area contributed by atoms with Gasteiger partial charge in [-0.15, -0.1) is 0 Å². The summed E-state index contributed by atoms with van der Waals surface area (Å²) in [5.74, 6) is 1.57. The van der Waals surface area contributed by atoms with Crippen molar-refractivity contribution in [1.82, 2.24) is 9.97 Å². The van der Waals surface area contributed by atoms with Gasteiger partial charge in [-0.1, -0.05) is 24.3 Å². The second-order valence-electron chi connectivity index (χ2n) is 7.16. The predicted octanol–water partition coefficient (Wildman–Crippen LogP) is 4.07. The highest BCUT2D eigenvalue weighted by atomic mass is 16.5. The SMILES string of the molecule is Cc1cc(Oc2cc(NC(=O)C3CC3)ncn2)ccc1CC(=O)Oc1ccccc1. The fourth-order valence-electron chi connectivity index (χ4n) is 2.90. The largest absolute Gasteiger partial charge is 0.439 e. The molecule has 1 aromatic heterocycles. The third-order valence-corrected chi connectivity index (χ3v) is 4.69. The Morgan fingerprint density at radius 3 is 2.57 bits per heavy atom. The van der Waals surface area contributed by atoms with Crippen LogP contribution in [0.1, 0.15) is 24.0 Å². The molecule has 0 aliphatic heterocycles. The third kappa shape index (κ3) is 5.20. The normalized spacial score (nSPS) is 12.8. The Kier molecular flexibility index (Phi) is 5.70. The minimum absolute atomic E-state index is 0.0257. The quantitative estimate of drug-likeness (QED) is 0.472. The van der Waals surface area contributed by atoms with Crippen molar-refractivity contribution in [3.63, 3.8) is 0 Å². The number of rotatable bonds is 7. The van der Waals surface area contributed by atoms with Gasteiger partial charge in [0.05, 0.1) is 6.42 Å². The highest BCUT2D eigenvalue weighted by Crippen LogP contribution is 2.30. The number of nitrogens with one attached hydrogen (secondary N) is 1. The van der Waals surface area contributed by atoms with Crippen molar-refractivity contribution in [1.29, 1.82) is 0 Å². The zero-order valence-electron chi connectivity index (χ0n) is 16.5. The average molecular weight is 403 g/mol. The van der Waals surface area contributed by atoms with E-state index in [1.54, 1.807) is 24.3 Å². The molecule has 3 aromatic rings. The third-order valence-electron chi connectivity index (χ3n) is 4.69.